The summed E-state index contributed by atoms with van der Waals surface area (Å²) in [6.07, 6.45) is 3.89. The minimum absolute atomic E-state index is 0.0365. The molecule has 100 valence electrons. The standard InChI is InChI=1S/C11H17N3O2S2/c1-7-2-3-8(4-7)5-12-10-13-14-11(18-10)17-6-9(15)16/h7-8H,2-6H2,1H3,(H,12,13)(H,15,16). The van der Waals surface area contributed by atoms with Crippen LogP contribution < -0.4 is 5.32 Å². The molecular weight excluding hydrogens is 270 g/mol. The van der Waals surface area contributed by atoms with Crippen molar-refractivity contribution in [2.45, 2.75) is 30.5 Å². The maximum absolute atomic E-state index is 10.4. The number of carbonyl (C=O) groups is 1. The molecule has 0 saturated heterocycles. The number of rotatable bonds is 6. The Morgan fingerprint density at radius 2 is 2.39 bits per heavy atom. The second-order valence-corrected chi connectivity index (χ2v) is 6.92. The van der Waals surface area contributed by atoms with Crippen LogP contribution in [0.2, 0.25) is 0 Å². The van der Waals surface area contributed by atoms with Gasteiger partial charge in [0, 0.05) is 6.54 Å². The van der Waals surface area contributed by atoms with Crippen molar-refractivity contribution in [1.82, 2.24) is 10.2 Å². The predicted molar refractivity (Wildman–Crippen MR) is 73.3 cm³/mol. The summed E-state index contributed by atoms with van der Waals surface area (Å²) in [6.45, 7) is 3.24. The van der Waals surface area contributed by atoms with E-state index in [0.717, 1.165) is 23.5 Å². The third-order valence-electron chi connectivity index (χ3n) is 3.07. The first-order chi connectivity index (χ1) is 8.63. The van der Waals surface area contributed by atoms with Crippen molar-refractivity contribution < 1.29 is 9.90 Å². The lowest BCUT2D eigenvalue weighted by Gasteiger charge is -2.09. The van der Waals surface area contributed by atoms with Crippen molar-refractivity contribution in [3.05, 3.63) is 0 Å². The first-order valence-electron chi connectivity index (χ1n) is 6.05. The molecule has 1 fully saturated rings. The zero-order valence-electron chi connectivity index (χ0n) is 10.3. The number of aromatic nitrogens is 2. The Kier molecular flexibility index (Phi) is 4.82. The molecule has 0 bridgehead atoms. The Bertz CT molecular complexity index is 411. The van der Waals surface area contributed by atoms with Crippen LogP contribution in [0.25, 0.3) is 0 Å². The molecule has 2 atom stereocenters. The fourth-order valence-electron chi connectivity index (χ4n) is 2.21. The molecule has 1 aliphatic carbocycles. The van der Waals surface area contributed by atoms with E-state index in [2.05, 4.69) is 22.4 Å². The highest BCUT2D eigenvalue weighted by Gasteiger charge is 2.21. The molecule has 2 unspecified atom stereocenters. The number of nitrogens with one attached hydrogen (secondary N) is 1. The average Bonchev–Trinajstić information content (AvgIpc) is 2.93. The number of anilines is 1. The van der Waals surface area contributed by atoms with Gasteiger partial charge in [-0.2, -0.15) is 0 Å². The van der Waals surface area contributed by atoms with Crippen LogP contribution in [0.15, 0.2) is 4.34 Å². The van der Waals surface area contributed by atoms with E-state index in [1.807, 2.05) is 0 Å². The molecule has 1 heterocycles. The zero-order valence-corrected chi connectivity index (χ0v) is 11.9. The van der Waals surface area contributed by atoms with E-state index >= 15 is 0 Å². The molecular formula is C11H17N3O2S2. The summed E-state index contributed by atoms with van der Waals surface area (Å²) in [5.74, 6) is 0.783. The topological polar surface area (TPSA) is 75.1 Å². The van der Waals surface area contributed by atoms with Gasteiger partial charge in [0.05, 0.1) is 5.75 Å². The lowest BCUT2D eigenvalue weighted by molar-refractivity contribution is -0.133. The summed E-state index contributed by atoms with van der Waals surface area (Å²) in [4.78, 5) is 10.4. The fourth-order valence-corrected chi connectivity index (χ4v) is 3.68. The number of carboxylic acids is 1. The van der Waals surface area contributed by atoms with Gasteiger partial charge in [0.15, 0.2) is 4.34 Å². The number of hydrogen-bond donors (Lipinski definition) is 2. The molecule has 5 nitrogen and oxygen atoms in total. The molecule has 7 heteroatoms. The third-order valence-corrected chi connectivity index (χ3v) is 5.07. The molecule has 18 heavy (non-hydrogen) atoms. The van der Waals surface area contributed by atoms with Gasteiger partial charge in [-0.05, 0) is 24.7 Å². The van der Waals surface area contributed by atoms with Crippen molar-refractivity contribution in [1.29, 1.82) is 0 Å². The van der Waals surface area contributed by atoms with Crippen LogP contribution in [0, 0.1) is 11.8 Å². The molecule has 0 aliphatic heterocycles. The predicted octanol–water partition coefficient (Wildman–Crippen LogP) is 2.56. The molecule has 1 aromatic rings. The van der Waals surface area contributed by atoms with Crippen LogP contribution in [0.1, 0.15) is 26.2 Å². The second-order valence-electron chi connectivity index (χ2n) is 4.72. The summed E-state index contributed by atoms with van der Waals surface area (Å²) < 4.78 is 0.708. The third kappa shape index (κ3) is 4.13. The Balaban J connectivity index is 1.74. The van der Waals surface area contributed by atoms with E-state index in [1.54, 1.807) is 0 Å². The van der Waals surface area contributed by atoms with Crippen molar-refractivity contribution in [2.24, 2.45) is 11.8 Å². The van der Waals surface area contributed by atoms with Crippen LogP contribution in [0.4, 0.5) is 5.13 Å². The average molecular weight is 287 g/mol. The monoisotopic (exact) mass is 287 g/mol. The van der Waals surface area contributed by atoms with Gasteiger partial charge in [0.25, 0.3) is 0 Å². The van der Waals surface area contributed by atoms with Crippen LogP contribution in [0.5, 0.6) is 0 Å². The molecule has 1 saturated carbocycles. The summed E-state index contributed by atoms with van der Waals surface area (Å²) in [5.41, 5.74) is 0. The Morgan fingerprint density at radius 3 is 3.06 bits per heavy atom. The van der Waals surface area contributed by atoms with Gasteiger partial charge < -0.3 is 10.4 Å². The van der Waals surface area contributed by atoms with E-state index in [1.165, 1.54) is 42.4 Å². The van der Waals surface area contributed by atoms with Crippen molar-refractivity contribution in [3.63, 3.8) is 0 Å². The van der Waals surface area contributed by atoms with E-state index in [4.69, 9.17) is 5.11 Å². The largest absolute Gasteiger partial charge is 0.481 e. The van der Waals surface area contributed by atoms with Crippen LogP contribution in [-0.2, 0) is 4.79 Å². The summed E-state index contributed by atoms with van der Waals surface area (Å²) in [6, 6.07) is 0. The van der Waals surface area contributed by atoms with Crippen molar-refractivity contribution >= 4 is 34.2 Å². The number of aliphatic carboxylic acids is 1. The summed E-state index contributed by atoms with van der Waals surface area (Å²) in [5, 5.41) is 20.6. The second kappa shape index (κ2) is 6.38. The molecule has 0 aromatic carbocycles. The highest BCUT2D eigenvalue weighted by Crippen LogP contribution is 2.31. The van der Waals surface area contributed by atoms with Gasteiger partial charge in [-0.15, -0.1) is 10.2 Å². The van der Waals surface area contributed by atoms with Crippen LogP contribution >= 0.6 is 23.1 Å². The van der Waals surface area contributed by atoms with E-state index in [9.17, 15) is 4.79 Å². The minimum atomic E-state index is -0.829. The Labute approximate surface area is 114 Å². The Hall–Kier alpha value is -0.820. The quantitative estimate of drug-likeness (QED) is 0.783. The van der Waals surface area contributed by atoms with Crippen molar-refractivity contribution in [3.8, 4) is 0 Å². The van der Waals surface area contributed by atoms with Crippen LogP contribution in [0.3, 0.4) is 0 Å². The van der Waals surface area contributed by atoms with Gasteiger partial charge in [0.2, 0.25) is 5.13 Å². The molecule has 2 N–H and O–H groups in total. The highest BCUT2D eigenvalue weighted by atomic mass is 32.2. The van der Waals surface area contributed by atoms with E-state index < -0.39 is 5.97 Å². The molecule has 1 aliphatic rings. The van der Waals surface area contributed by atoms with Crippen molar-refractivity contribution in [2.75, 3.05) is 17.6 Å². The van der Waals surface area contributed by atoms with E-state index in [-0.39, 0.29) is 5.75 Å². The maximum Gasteiger partial charge on any atom is 0.313 e. The zero-order chi connectivity index (χ0) is 13.0. The number of hydrogen-bond acceptors (Lipinski definition) is 6. The number of nitrogens with zero attached hydrogens (tertiary/aromatic N) is 2. The minimum Gasteiger partial charge on any atom is -0.481 e. The summed E-state index contributed by atoms with van der Waals surface area (Å²) in [7, 11) is 0. The maximum atomic E-state index is 10.4. The molecule has 0 spiro atoms. The fraction of sp³-hybridized carbons (Fsp3) is 0.727. The van der Waals surface area contributed by atoms with Gasteiger partial charge in [0.1, 0.15) is 0 Å². The van der Waals surface area contributed by atoms with Crippen LogP contribution in [-0.4, -0.2) is 33.6 Å². The SMILES string of the molecule is CC1CCC(CNc2nnc(SCC(=O)O)s2)C1. The molecule has 0 amide bonds. The van der Waals surface area contributed by atoms with Gasteiger partial charge >= 0.3 is 5.97 Å². The highest BCUT2D eigenvalue weighted by molar-refractivity contribution is 8.01. The van der Waals surface area contributed by atoms with E-state index in [0.29, 0.717) is 4.34 Å². The Morgan fingerprint density at radius 1 is 1.56 bits per heavy atom. The van der Waals surface area contributed by atoms with Gasteiger partial charge in [-0.25, -0.2) is 0 Å². The molecule has 0 radical (unpaired) electrons. The number of thioether (sulfide) groups is 1. The number of carboxylic acid groups (broad SMARTS) is 1. The smallest absolute Gasteiger partial charge is 0.313 e. The summed E-state index contributed by atoms with van der Waals surface area (Å²) >= 11 is 2.64. The lowest BCUT2D eigenvalue weighted by Crippen LogP contribution is -2.11. The van der Waals surface area contributed by atoms with Gasteiger partial charge in [-0.3, -0.25) is 4.79 Å². The lowest BCUT2D eigenvalue weighted by atomic mass is 10.1. The molecule has 1 aromatic heterocycles. The first-order valence-corrected chi connectivity index (χ1v) is 7.85. The first kappa shape index (κ1) is 13.6. The molecule has 2 rings (SSSR count). The normalized spacial score (nSPS) is 23.2. The van der Waals surface area contributed by atoms with Gasteiger partial charge in [-0.1, -0.05) is 36.4 Å².